The maximum atomic E-state index is 13.5. The summed E-state index contributed by atoms with van der Waals surface area (Å²) in [5, 5.41) is 3.73. The molecule has 2 amide bonds. The van der Waals surface area contributed by atoms with Gasteiger partial charge in [-0.15, -0.1) is 0 Å². The standard InChI is InChI=1S/C24H20ClN3O3/c1-15-18(25)7-5-8-19(15)27-22-21(17-6-3-4-9-20(17)31-2)23(29)28(24(22)30)14-16-10-12-26-13-11-16/h3-13,27H,14H2,1-2H3. The first-order valence-electron chi connectivity index (χ1n) is 9.66. The Morgan fingerprint density at radius 2 is 1.74 bits per heavy atom. The van der Waals surface area contributed by atoms with Gasteiger partial charge in [0.2, 0.25) is 0 Å². The van der Waals surface area contributed by atoms with Gasteiger partial charge in [0.15, 0.2) is 0 Å². The number of aromatic nitrogens is 1. The van der Waals surface area contributed by atoms with Gasteiger partial charge in [-0.25, -0.2) is 0 Å². The summed E-state index contributed by atoms with van der Waals surface area (Å²) < 4.78 is 5.46. The van der Waals surface area contributed by atoms with Gasteiger partial charge in [0.05, 0.1) is 19.2 Å². The highest BCUT2D eigenvalue weighted by molar-refractivity contribution is 6.37. The van der Waals surface area contributed by atoms with Crippen molar-refractivity contribution in [3.63, 3.8) is 0 Å². The molecule has 3 aromatic rings. The van der Waals surface area contributed by atoms with Crippen LogP contribution in [0.3, 0.4) is 0 Å². The summed E-state index contributed by atoms with van der Waals surface area (Å²) in [5.74, 6) is -0.304. The molecule has 2 aromatic carbocycles. The summed E-state index contributed by atoms with van der Waals surface area (Å²) in [7, 11) is 1.53. The number of hydrogen-bond donors (Lipinski definition) is 1. The minimum Gasteiger partial charge on any atom is -0.496 e. The molecular weight excluding hydrogens is 414 g/mol. The van der Waals surface area contributed by atoms with Gasteiger partial charge < -0.3 is 10.1 Å². The van der Waals surface area contributed by atoms with Crippen molar-refractivity contribution >= 4 is 34.7 Å². The lowest BCUT2D eigenvalue weighted by molar-refractivity contribution is -0.137. The van der Waals surface area contributed by atoms with E-state index in [1.165, 1.54) is 12.0 Å². The number of halogens is 1. The van der Waals surface area contributed by atoms with Crippen LogP contribution < -0.4 is 10.1 Å². The summed E-state index contributed by atoms with van der Waals surface area (Å²) >= 11 is 6.26. The Bertz CT molecular complexity index is 1190. The van der Waals surface area contributed by atoms with Crippen molar-refractivity contribution in [1.29, 1.82) is 0 Å². The Kier molecular flexibility index (Phi) is 5.73. The number of para-hydroxylation sites is 1. The molecule has 0 spiro atoms. The fraction of sp³-hybridized carbons (Fsp3) is 0.125. The molecule has 0 fully saturated rings. The topological polar surface area (TPSA) is 71.5 Å². The van der Waals surface area contributed by atoms with E-state index in [9.17, 15) is 9.59 Å². The lowest BCUT2D eigenvalue weighted by atomic mass is 10.0. The number of hydrogen-bond acceptors (Lipinski definition) is 5. The minimum absolute atomic E-state index is 0.137. The maximum Gasteiger partial charge on any atom is 0.278 e. The van der Waals surface area contributed by atoms with E-state index in [1.807, 2.05) is 19.1 Å². The molecule has 156 valence electrons. The number of ether oxygens (including phenoxy) is 1. The van der Waals surface area contributed by atoms with Crippen LogP contribution in [0.5, 0.6) is 5.75 Å². The molecule has 7 heteroatoms. The third kappa shape index (κ3) is 3.90. The van der Waals surface area contributed by atoms with Crippen LogP contribution in [0.4, 0.5) is 5.69 Å². The second-order valence-electron chi connectivity index (χ2n) is 7.04. The number of imide groups is 1. The molecule has 31 heavy (non-hydrogen) atoms. The highest BCUT2D eigenvalue weighted by atomic mass is 35.5. The molecule has 0 bridgehead atoms. The van der Waals surface area contributed by atoms with Gasteiger partial charge in [-0.1, -0.05) is 35.9 Å². The molecule has 2 heterocycles. The van der Waals surface area contributed by atoms with Crippen molar-refractivity contribution in [1.82, 2.24) is 9.88 Å². The Morgan fingerprint density at radius 3 is 2.48 bits per heavy atom. The number of nitrogens with one attached hydrogen (secondary N) is 1. The molecular formula is C24H20ClN3O3. The van der Waals surface area contributed by atoms with Crippen LogP contribution in [0, 0.1) is 6.92 Å². The number of methoxy groups -OCH3 is 1. The summed E-state index contributed by atoms with van der Waals surface area (Å²) in [5.41, 5.74) is 3.23. The SMILES string of the molecule is COc1ccccc1C1=C(Nc2cccc(Cl)c2C)C(=O)N(Cc2ccncc2)C1=O. The largest absolute Gasteiger partial charge is 0.496 e. The zero-order valence-corrected chi connectivity index (χ0v) is 17.8. The highest BCUT2D eigenvalue weighted by Gasteiger charge is 2.40. The number of nitrogens with zero attached hydrogens (tertiary/aromatic N) is 2. The zero-order chi connectivity index (χ0) is 22.0. The monoisotopic (exact) mass is 433 g/mol. The molecule has 0 radical (unpaired) electrons. The Morgan fingerprint density at radius 1 is 1.00 bits per heavy atom. The smallest absolute Gasteiger partial charge is 0.278 e. The van der Waals surface area contributed by atoms with Crippen molar-refractivity contribution in [3.8, 4) is 5.75 Å². The predicted octanol–water partition coefficient (Wildman–Crippen LogP) is 4.44. The van der Waals surface area contributed by atoms with E-state index in [-0.39, 0.29) is 17.8 Å². The van der Waals surface area contributed by atoms with Crippen molar-refractivity contribution in [2.75, 3.05) is 12.4 Å². The van der Waals surface area contributed by atoms with Crippen LogP contribution in [-0.4, -0.2) is 28.8 Å². The number of pyridine rings is 1. The molecule has 1 N–H and O–H groups in total. The molecule has 1 aliphatic rings. The number of benzene rings is 2. The number of anilines is 1. The summed E-state index contributed by atoms with van der Waals surface area (Å²) in [6.45, 7) is 1.99. The molecule has 0 saturated heterocycles. The average molecular weight is 434 g/mol. The third-order valence-corrected chi connectivity index (χ3v) is 5.57. The quantitative estimate of drug-likeness (QED) is 0.582. The molecule has 0 atom stereocenters. The van der Waals surface area contributed by atoms with Gasteiger partial charge in [-0.3, -0.25) is 19.5 Å². The van der Waals surface area contributed by atoms with Gasteiger partial charge in [0, 0.05) is 28.7 Å². The first-order chi connectivity index (χ1) is 15.0. The molecule has 1 aromatic heterocycles. The lowest BCUT2D eigenvalue weighted by Crippen LogP contribution is -2.32. The van der Waals surface area contributed by atoms with Crippen molar-refractivity contribution in [2.45, 2.75) is 13.5 Å². The van der Waals surface area contributed by atoms with Crippen LogP contribution in [-0.2, 0) is 16.1 Å². The second-order valence-corrected chi connectivity index (χ2v) is 7.45. The second kappa shape index (κ2) is 8.62. The van der Waals surface area contributed by atoms with Gasteiger partial charge in [0.25, 0.3) is 11.8 Å². The molecule has 0 aliphatic carbocycles. The number of amides is 2. The van der Waals surface area contributed by atoms with Crippen LogP contribution in [0.25, 0.3) is 5.57 Å². The van der Waals surface area contributed by atoms with Crippen molar-refractivity contribution in [2.24, 2.45) is 0 Å². The molecule has 6 nitrogen and oxygen atoms in total. The number of carbonyl (C=O) groups is 2. The highest BCUT2D eigenvalue weighted by Crippen LogP contribution is 2.36. The summed E-state index contributed by atoms with van der Waals surface area (Å²) in [4.78, 5) is 32.1. The minimum atomic E-state index is -0.415. The first kappa shape index (κ1) is 20.6. The fourth-order valence-corrected chi connectivity index (χ4v) is 3.66. The number of rotatable bonds is 6. The van der Waals surface area contributed by atoms with Crippen LogP contribution in [0.15, 0.2) is 72.7 Å². The van der Waals surface area contributed by atoms with Gasteiger partial charge >= 0.3 is 0 Å². The van der Waals surface area contributed by atoms with Crippen LogP contribution in [0.1, 0.15) is 16.7 Å². The number of carbonyl (C=O) groups excluding carboxylic acids is 2. The molecule has 0 saturated carbocycles. The zero-order valence-electron chi connectivity index (χ0n) is 17.1. The molecule has 0 unspecified atom stereocenters. The van der Waals surface area contributed by atoms with E-state index in [0.717, 1.165) is 11.1 Å². The normalized spacial score (nSPS) is 13.7. The van der Waals surface area contributed by atoms with Crippen molar-refractivity contribution < 1.29 is 14.3 Å². The van der Waals surface area contributed by atoms with Gasteiger partial charge in [-0.05, 0) is 48.4 Å². The third-order valence-electron chi connectivity index (χ3n) is 5.16. The Hall–Kier alpha value is -3.64. The van der Waals surface area contributed by atoms with E-state index in [1.54, 1.807) is 54.9 Å². The van der Waals surface area contributed by atoms with E-state index < -0.39 is 11.8 Å². The van der Waals surface area contributed by atoms with E-state index in [0.29, 0.717) is 22.0 Å². The molecule has 1 aliphatic heterocycles. The maximum absolute atomic E-state index is 13.5. The van der Waals surface area contributed by atoms with Crippen molar-refractivity contribution in [3.05, 3.63) is 94.4 Å². The predicted molar refractivity (Wildman–Crippen MR) is 120 cm³/mol. The van der Waals surface area contributed by atoms with Gasteiger partial charge in [-0.2, -0.15) is 0 Å². The van der Waals surface area contributed by atoms with E-state index in [2.05, 4.69) is 10.3 Å². The molecule has 4 rings (SSSR count). The average Bonchev–Trinajstić information content (AvgIpc) is 3.01. The van der Waals surface area contributed by atoms with E-state index in [4.69, 9.17) is 16.3 Å². The van der Waals surface area contributed by atoms with Crippen LogP contribution in [0.2, 0.25) is 5.02 Å². The fourth-order valence-electron chi connectivity index (χ4n) is 3.48. The van der Waals surface area contributed by atoms with E-state index >= 15 is 0 Å². The Labute approximate surface area is 185 Å². The van der Waals surface area contributed by atoms with Gasteiger partial charge in [0.1, 0.15) is 11.4 Å². The first-order valence-corrected chi connectivity index (χ1v) is 10.0. The Balaban J connectivity index is 1.82. The summed E-state index contributed by atoms with van der Waals surface area (Å²) in [6.07, 6.45) is 3.26. The summed E-state index contributed by atoms with van der Waals surface area (Å²) in [6, 6.07) is 16.1. The lowest BCUT2D eigenvalue weighted by Gasteiger charge is -2.16. The van der Waals surface area contributed by atoms with Crippen LogP contribution >= 0.6 is 11.6 Å².